The van der Waals surface area contributed by atoms with Crippen LogP contribution in [0.5, 0.6) is 0 Å². The van der Waals surface area contributed by atoms with Crippen LogP contribution in [0.1, 0.15) is 38.1 Å². The van der Waals surface area contributed by atoms with Gasteiger partial charge in [0, 0.05) is 0 Å². The van der Waals surface area contributed by atoms with Crippen molar-refractivity contribution in [1.29, 1.82) is 0 Å². The summed E-state index contributed by atoms with van der Waals surface area (Å²) in [6, 6.07) is 10.6. The maximum Gasteiger partial charge on any atom is 0.348 e. The number of para-hydroxylation sites is 2. The number of fused-ring (bicyclic) bond motifs is 1. The first-order chi connectivity index (χ1) is 11.1. The molecule has 3 rings (SSSR count). The van der Waals surface area contributed by atoms with E-state index in [9.17, 15) is 9.59 Å². The van der Waals surface area contributed by atoms with Crippen LogP contribution in [-0.2, 0) is 4.74 Å². The summed E-state index contributed by atoms with van der Waals surface area (Å²) in [4.78, 5) is 32.2. The molecule has 23 heavy (non-hydrogen) atoms. The minimum atomic E-state index is -0.445. The molecule has 0 aliphatic rings. The number of nitrogens with zero attached hydrogens (tertiary/aromatic N) is 1. The van der Waals surface area contributed by atoms with Gasteiger partial charge in [0.05, 0.1) is 29.1 Å². The van der Waals surface area contributed by atoms with Gasteiger partial charge < -0.3 is 15.0 Å². The monoisotopic (exact) mass is 329 g/mol. The Morgan fingerprint density at radius 3 is 2.70 bits per heavy atom. The lowest BCUT2D eigenvalue weighted by Crippen LogP contribution is -2.26. The molecule has 118 valence electrons. The molecule has 2 heterocycles. The quantitative estimate of drug-likeness (QED) is 0.721. The highest BCUT2D eigenvalue weighted by Crippen LogP contribution is 2.20. The van der Waals surface area contributed by atoms with Gasteiger partial charge in [-0.1, -0.05) is 12.1 Å². The third-order valence-corrected chi connectivity index (χ3v) is 4.45. The number of H-pyrrole nitrogens is 1. The van der Waals surface area contributed by atoms with Crippen LogP contribution in [-0.4, -0.2) is 29.0 Å². The molecule has 0 bridgehead atoms. The van der Waals surface area contributed by atoms with Crippen molar-refractivity contribution < 1.29 is 14.3 Å². The van der Waals surface area contributed by atoms with Crippen molar-refractivity contribution in [3.8, 4) is 0 Å². The molecule has 3 aromatic rings. The molecule has 0 radical (unpaired) electrons. The Morgan fingerprint density at radius 2 is 1.96 bits per heavy atom. The Morgan fingerprint density at radius 1 is 1.22 bits per heavy atom. The number of methoxy groups -OCH3 is 1. The van der Waals surface area contributed by atoms with Crippen LogP contribution in [0.2, 0.25) is 0 Å². The van der Waals surface area contributed by atoms with Gasteiger partial charge in [-0.25, -0.2) is 9.78 Å². The zero-order valence-corrected chi connectivity index (χ0v) is 13.4. The summed E-state index contributed by atoms with van der Waals surface area (Å²) in [5.74, 6) is -0.0122. The van der Waals surface area contributed by atoms with E-state index in [1.165, 1.54) is 7.11 Å². The third-order valence-electron chi connectivity index (χ3n) is 3.38. The van der Waals surface area contributed by atoms with Crippen molar-refractivity contribution in [3.05, 3.63) is 52.0 Å². The first-order valence-electron chi connectivity index (χ1n) is 7.02. The highest BCUT2D eigenvalue weighted by Gasteiger charge is 2.18. The lowest BCUT2D eigenvalue weighted by atomic mass is 10.3. The van der Waals surface area contributed by atoms with Crippen molar-refractivity contribution >= 4 is 34.2 Å². The van der Waals surface area contributed by atoms with Crippen molar-refractivity contribution in [2.75, 3.05) is 7.11 Å². The van der Waals surface area contributed by atoms with E-state index in [4.69, 9.17) is 0 Å². The van der Waals surface area contributed by atoms with E-state index in [1.807, 2.05) is 31.2 Å². The molecular formula is C16H15N3O3S. The van der Waals surface area contributed by atoms with E-state index in [0.29, 0.717) is 15.6 Å². The van der Waals surface area contributed by atoms with Gasteiger partial charge in [-0.3, -0.25) is 4.79 Å². The number of benzene rings is 1. The predicted molar refractivity (Wildman–Crippen MR) is 87.6 cm³/mol. The van der Waals surface area contributed by atoms with E-state index in [0.717, 1.165) is 22.4 Å². The van der Waals surface area contributed by atoms with Crippen LogP contribution in [0.15, 0.2) is 36.4 Å². The Kier molecular flexibility index (Phi) is 4.12. The Balaban J connectivity index is 1.74. The summed E-state index contributed by atoms with van der Waals surface area (Å²) >= 11 is 1.10. The van der Waals surface area contributed by atoms with E-state index < -0.39 is 5.97 Å². The van der Waals surface area contributed by atoms with Crippen LogP contribution in [0.3, 0.4) is 0 Å². The number of esters is 1. The number of hydrogen-bond donors (Lipinski definition) is 2. The number of carbonyl (C=O) groups excluding carboxylic acids is 2. The summed E-state index contributed by atoms with van der Waals surface area (Å²) in [5.41, 5.74) is 1.78. The SMILES string of the molecule is COC(=O)c1ccc(C(=O)NC(C)c2nc3ccccc3[nH]2)s1. The second-order valence-corrected chi connectivity index (χ2v) is 6.07. The van der Waals surface area contributed by atoms with Gasteiger partial charge in [0.2, 0.25) is 0 Å². The Bertz CT molecular complexity index is 835. The number of carbonyl (C=O) groups is 2. The normalized spacial score (nSPS) is 12.1. The van der Waals surface area contributed by atoms with Crippen LogP contribution < -0.4 is 5.32 Å². The number of nitrogens with one attached hydrogen (secondary N) is 2. The number of rotatable bonds is 4. The maximum atomic E-state index is 12.3. The molecule has 2 N–H and O–H groups in total. The largest absolute Gasteiger partial charge is 0.465 e. The van der Waals surface area contributed by atoms with Crippen LogP contribution in [0.4, 0.5) is 0 Å². The first-order valence-corrected chi connectivity index (χ1v) is 7.84. The van der Waals surface area contributed by atoms with E-state index in [1.54, 1.807) is 12.1 Å². The van der Waals surface area contributed by atoms with Crippen LogP contribution >= 0.6 is 11.3 Å². The van der Waals surface area contributed by atoms with Crippen molar-refractivity contribution in [1.82, 2.24) is 15.3 Å². The fourth-order valence-corrected chi connectivity index (χ4v) is 3.01. The number of aromatic amines is 1. The molecule has 1 unspecified atom stereocenters. The lowest BCUT2D eigenvalue weighted by Gasteiger charge is -2.10. The average molecular weight is 329 g/mol. The van der Waals surface area contributed by atoms with Gasteiger partial charge in [0.25, 0.3) is 5.91 Å². The molecule has 0 fully saturated rings. The van der Waals surface area contributed by atoms with Gasteiger partial charge >= 0.3 is 5.97 Å². The molecule has 7 heteroatoms. The standard InChI is InChI=1S/C16H15N3O3S/c1-9(14-18-10-5-3-4-6-11(10)19-14)17-15(20)12-7-8-13(23-12)16(21)22-2/h3-9H,1-2H3,(H,17,20)(H,18,19). The van der Waals surface area contributed by atoms with Gasteiger partial charge in [-0.2, -0.15) is 0 Å². The molecular weight excluding hydrogens is 314 g/mol. The number of amides is 1. The number of imidazole rings is 1. The van der Waals surface area contributed by atoms with Gasteiger partial charge in [-0.05, 0) is 31.2 Å². The molecule has 0 aliphatic carbocycles. The van der Waals surface area contributed by atoms with Gasteiger partial charge in [0.15, 0.2) is 0 Å². The van der Waals surface area contributed by atoms with Crippen LogP contribution in [0.25, 0.3) is 11.0 Å². The molecule has 2 aromatic heterocycles. The molecule has 0 saturated carbocycles. The maximum absolute atomic E-state index is 12.3. The van der Waals surface area contributed by atoms with E-state index in [2.05, 4.69) is 20.0 Å². The zero-order chi connectivity index (χ0) is 16.4. The van der Waals surface area contributed by atoms with Gasteiger partial charge in [0.1, 0.15) is 10.7 Å². The second-order valence-electron chi connectivity index (χ2n) is 4.99. The van der Waals surface area contributed by atoms with Crippen molar-refractivity contribution in [2.45, 2.75) is 13.0 Å². The number of thiophene rings is 1. The lowest BCUT2D eigenvalue weighted by molar-refractivity contribution is 0.0606. The second kappa shape index (κ2) is 6.21. The fraction of sp³-hybridized carbons (Fsp3) is 0.188. The minimum Gasteiger partial charge on any atom is -0.465 e. The summed E-state index contributed by atoms with van der Waals surface area (Å²) in [6.07, 6.45) is 0. The summed E-state index contributed by atoms with van der Waals surface area (Å²) in [5, 5.41) is 2.87. The average Bonchev–Trinajstić information content (AvgIpc) is 3.20. The minimum absolute atomic E-state index is 0.252. The highest BCUT2D eigenvalue weighted by molar-refractivity contribution is 7.15. The van der Waals surface area contributed by atoms with Gasteiger partial charge in [-0.15, -0.1) is 11.3 Å². The molecule has 0 aliphatic heterocycles. The smallest absolute Gasteiger partial charge is 0.348 e. The Labute approximate surface area is 136 Å². The molecule has 0 saturated heterocycles. The summed E-state index contributed by atoms with van der Waals surface area (Å²) in [6.45, 7) is 1.85. The number of aromatic nitrogens is 2. The third kappa shape index (κ3) is 3.09. The number of ether oxygens (including phenoxy) is 1. The molecule has 6 nitrogen and oxygen atoms in total. The predicted octanol–water partition coefficient (Wildman–Crippen LogP) is 2.90. The molecule has 1 aromatic carbocycles. The van der Waals surface area contributed by atoms with E-state index >= 15 is 0 Å². The number of hydrogen-bond acceptors (Lipinski definition) is 5. The molecule has 1 atom stereocenters. The fourth-order valence-electron chi connectivity index (χ4n) is 2.18. The highest BCUT2D eigenvalue weighted by atomic mass is 32.1. The van der Waals surface area contributed by atoms with Crippen molar-refractivity contribution in [3.63, 3.8) is 0 Å². The molecule has 0 spiro atoms. The zero-order valence-electron chi connectivity index (χ0n) is 12.6. The topological polar surface area (TPSA) is 84.1 Å². The van der Waals surface area contributed by atoms with E-state index in [-0.39, 0.29) is 11.9 Å². The summed E-state index contributed by atoms with van der Waals surface area (Å²) < 4.78 is 4.64. The molecule has 1 amide bonds. The Hall–Kier alpha value is -2.67. The first kappa shape index (κ1) is 15.2. The van der Waals surface area contributed by atoms with Crippen LogP contribution in [0, 0.1) is 0 Å². The summed E-state index contributed by atoms with van der Waals surface area (Å²) in [7, 11) is 1.31. The van der Waals surface area contributed by atoms with Crippen molar-refractivity contribution in [2.24, 2.45) is 0 Å².